The van der Waals surface area contributed by atoms with E-state index in [1.807, 2.05) is 60.7 Å². The van der Waals surface area contributed by atoms with Crippen molar-refractivity contribution in [1.82, 2.24) is 0 Å². The molecule has 0 bridgehead atoms. The molecule has 0 atom stereocenters. The lowest BCUT2D eigenvalue weighted by Gasteiger charge is -2.08. The zero-order valence-electron chi connectivity index (χ0n) is 13.1. The maximum atomic E-state index is 12.5. The van der Waals surface area contributed by atoms with Crippen molar-refractivity contribution < 1.29 is 4.79 Å². The average Bonchev–Trinajstić information content (AvgIpc) is 2.68. The largest absolute Gasteiger partial charge is 0.289 e. The second-order valence-corrected chi connectivity index (χ2v) is 5.80. The number of hydrogen-bond acceptors (Lipinski definition) is 1. The molecule has 0 fully saturated rings. The van der Waals surface area contributed by atoms with E-state index < -0.39 is 0 Å². The van der Waals surface area contributed by atoms with Crippen LogP contribution in [0.3, 0.4) is 0 Å². The summed E-state index contributed by atoms with van der Waals surface area (Å²) in [6.45, 7) is 0. The summed E-state index contributed by atoms with van der Waals surface area (Å²) in [7, 11) is 0. The van der Waals surface area contributed by atoms with Gasteiger partial charge in [0.2, 0.25) is 0 Å². The normalized spacial score (nSPS) is 10.7. The first-order valence-electron chi connectivity index (χ1n) is 8.01. The highest BCUT2D eigenvalue weighted by molar-refractivity contribution is 6.09. The number of carbonyl (C=O) groups excluding carboxylic acids is 1. The molecule has 4 rings (SSSR count). The van der Waals surface area contributed by atoms with Gasteiger partial charge in [-0.3, -0.25) is 4.79 Å². The Balaban J connectivity index is 1.73. The zero-order valence-corrected chi connectivity index (χ0v) is 13.1. The molecule has 0 saturated heterocycles. The van der Waals surface area contributed by atoms with E-state index in [2.05, 4.69) is 36.4 Å². The lowest BCUT2D eigenvalue weighted by atomic mass is 9.96. The van der Waals surface area contributed by atoms with E-state index in [4.69, 9.17) is 0 Å². The van der Waals surface area contributed by atoms with Crippen molar-refractivity contribution in [2.24, 2.45) is 0 Å². The monoisotopic (exact) mass is 308 g/mol. The van der Waals surface area contributed by atoms with Gasteiger partial charge in [-0.05, 0) is 21.9 Å². The molecule has 0 saturated carbocycles. The van der Waals surface area contributed by atoms with Crippen LogP contribution < -0.4 is 0 Å². The van der Waals surface area contributed by atoms with E-state index in [1.54, 1.807) is 0 Å². The van der Waals surface area contributed by atoms with Crippen LogP contribution in [0.1, 0.15) is 15.9 Å². The topological polar surface area (TPSA) is 17.1 Å². The molecule has 1 nitrogen and oxygen atoms in total. The quantitative estimate of drug-likeness (QED) is 0.441. The van der Waals surface area contributed by atoms with Crippen molar-refractivity contribution in [3.05, 3.63) is 108 Å². The van der Waals surface area contributed by atoms with Gasteiger partial charge >= 0.3 is 0 Å². The predicted octanol–water partition coefficient (Wildman–Crippen LogP) is 5.74. The van der Waals surface area contributed by atoms with Crippen LogP contribution in [0.2, 0.25) is 0 Å². The summed E-state index contributed by atoms with van der Waals surface area (Å²) in [6.07, 6.45) is 0. The van der Waals surface area contributed by atoms with Crippen LogP contribution in [0.15, 0.2) is 97.1 Å². The van der Waals surface area contributed by atoms with Crippen LogP contribution >= 0.6 is 0 Å². The summed E-state index contributed by atoms with van der Waals surface area (Å²) in [5.74, 6) is 0.0556. The van der Waals surface area contributed by atoms with Crippen LogP contribution in [0.5, 0.6) is 0 Å². The van der Waals surface area contributed by atoms with Crippen LogP contribution in [-0.4, -0.2) is 5.78 Å². The fourth-order valence-electron chi connectivity index (χ4n) is 3.03. The van der Waals surface area contributed by atoms with Crippen molar-refractivity contribution in [2.45, 2.75) is 0 Å². The fourth-order valence-corrected chi connectivity index (χ4v) is 3.03. The molecule has 0 amide bonds. The number of hydrogen-bond donors (Lipinski definition) is 0. The van der Waals surface area contributed by atoms with Gasteiger partial charge in [0.15, 0.2) is 5.78 Å². The van der Waals surface area contributed by atoms with Gasteiger partial charge in [0.1, 0.15) is 0 Å². The Morgan fingerprint density at radius 3 is 1.96 bits per heavy atom. The van der Waals surface area contributed by atoms with Gasteiger partial charge in [0.25, 0.3) is 0 Å². The molecule has 1 heteroatoms. The van der Waals surface area contributed by atoms with Crippen molar-refractivity contribution in [3.8, 4) is 11.1 Å². The van der Waals surface area contributed by atoms with Crippen LogP contribution in [0, 0.1) is 0 Å². The molecule has 4 aromatic carbocycles. The molecule has 0 aliphatic carbocycles. The Morgan fingerprint density at radius 1 is 0.542 bits per heavy atom. The third kappa shape index (κ3) is 2.61. The highest BCUT2D eigenvalue weighted by Gasteiger charge is 2.09. The standard InChI is InChI=1S/C23H16O/c24-23(19-8-2-1-3-9-19)20-15-13-18(14-16-20)22-12-6-10-17-7-4-5-11-21(17)22/h1-16H. The molecule has 0 unspecified atom stereocenters. The molecule has 0 N–H and O–H groups in total. The lowest BCUT2D eigenvalue weighted by molar-refractivity contribution is 0.103. The van der Waals surface area contributed by atoms with Crippen molar-refractivity contribution in [1.29, 1.82) is 0 Å². The molecular weight excluding hydrogens is 292 g/mol. The van der Waals surface area contributed by atoms with Gasteiger partial charge in [0.05, 0.1) is 0 Å². The van der Waals surface area contributed by atoms with Crippen LogP contribution in [0.25, 0.3) is 21.9 Å². The van der Waals surface area contributed by atoms with E-state index >= 15 is 0 Å². The molecule has 0 spiro atoms. The van der Waals surface area contributed by atoms with Gasteiger partial charge in [-0.1, -0.05) is 97.1 Å². The molecule has 0 heterocycles. The van der Waals surface area contributed by atoms with E-state index in [0.717, 1.165) is 11.1 Å². The molecule has 114 valence electrons. The first kappa shape index (κ1) is 14.4. The highest BCUT2D eigenvalue weighted by atomic mass is 16.1. The smallest absolute Gasteiger partial charge is 0.193 e. The summed E-state index contributed by atoms with van der Waals surface area (Å²) in [6, 6.07) is 31.9. The van der Waals surface area contributed by atoms with E-state index in [1.165, 1.54) is 16.3 Å². The minimum Gasteiger partial charge on any atom is -0.289 e. The number of rotatable bonds is 3. The van der Waals surface area contributed by atoms with Gasteiger partial charge in [-0.2, -0.15) is 0 Å². The van der Waals surface area contributed by atoms with Crippen LogP contribution in [-0.2, 0) is 0 Å². The van der Waals surface area contributed by atoms with E-state index in [-0.39, 0.29) is 5.78 Å². The third-order valence-electron chi connectivity index (χ3n) is 4.28. The van der Waals surface area contributed by atoms with E-state index in [9.17, 15) is 4.79 Å². The molecule has 0 aliphatic heterocycles. The highest BCUT2D eigenvalue weighted by Crippen LogP contribution is 2.28. The molecule has 0 aromatic heterocycles. The fraction of sp³-hybridized carbons (Fsp3) is 0. The molecule has 4 aromatic rings. The molecule has 0 aliphatic rings. The van der Waals surface area contributed by atoms with Gasteiger partial charge in [0, 0.05) is 11.1 Å². The SMILES string of the molecule is O=C(c1ccccc1)c1ccc(-c2cccc3ccccc23)cc1. The number of carbonyl (C=O) groups is 1. The maximum Gasteiger partial charge on any atom is 0.193 e. The van der Waals surface area contributed by atoms with Crippen LogP contribution in [0.4, 0.5) is 0 Å². The summed E-state index contributed by atoms with van der Waals surface area (Å²) in [5, 5.41) is 2.45. The van der Waals surface area contributed by atoms with Gasteiger partial charge in [-0.15, -0.1) is 0 Å². The van der Waals surface area contributed by atoms with Crippen molar-refractivity contribution >= 4 is 16.6 Å². The Morgan fingerprint density at radius 2 is 1.17 bits per heavy atom. The van der Waals surface area contributed by atoms with Gasteiger partial charge in [-0.25, -0.2) is 0 Å². The lowest BCUT2D eigenvalue weighted by Crippen LogP contribution is -2.00. The summed E-state index contributed by atoms with van der Waals surface area (Å²) >= 11 is 0. The first-order chi connectivity index (χ1) is 11.8. The van der Waals surface area contributed by atoms with Crippen molar-refractivity contribution in [2.75, 3.05) is 0 Å². The van der Waals surface area contributed by atoms with E-state index in [0.29, 0.717) is 5.56 Å². The Bertz CT molecular complexity index is 994. The Hall–Kier alpha value is -3.19. The van der Waals surface area contributed by atoms with Gasteiger partial charge < -0.3 is 0 Å². The molecule has 0 radical (unpaired) electrons. The molecular formula is C23H16O. The Labute approximate surface area is 141 Å². The minimum absolute atomic E-state index is 0.0556. The average molecular weight is 308 g/mol. The number of benzene rings is 4. The molecule has 24 heavy (non-hydrogen) atoms. The van der Waals surface area contributed by atoms with Crippen molar-refractivity contribution in [3.63, 3.8) is 0 Å². The summed E-state index contributed by atoms with van der Waals surface area (Å²) in [4.78, 5) is 12.5. The predicted molar refractivity (Wildman–Crippen MR) is 99.3 cm³/mol. The number of fused-ring (bicyclic) bond motifs is 1. The second kappa shape index (κ2) is 6.13. The number of ketones is 1. The third-order valence-corrected chi connectivity index (χ3v) is 4.28. The summed E-state index contributed by atoms with van der Waals surface area (Å²) < 4.78 is 0. The summed E-state index contributed by atoms with van der Waals surface area (Å²) in [5.41, 5.74) is 3.74. The second-order valence-electron chi connectivity index (χ2n) is 5.80. The first-order valence-corrected chi connectivity index (χ1v) is 8.01. The Kier molecular flexibility index (Phi) is 3.68. The zero-order chi connectivity index (χ0) is 16.4. The maximum absolute atomic E-state index is 12.5. The minimum atomic E-state index is 0.0556.